The van der Waals surface area contributed by atoms with Crippen molar-refractivity contribution >= 4 is 11.4 Å². The van der Waals surface area contributed by atoms with E-state index < -0.39 is 0 Å². The van der Waals surface area contributed by atoms with Crippen LogP contribution in [-0.4, -0.2) is 63.3 Å². The number of hydrogen-bond acceptors (Lipinski definition) is 4. The van der Waals surface area contributed by atoms with E-state index in [1.807, 2.05) is 0 Å². The van der Waals surface area contributed by atoms with Crippen molar-refractivity contribution < 1.29 is 0 Å². The first-order chi connectivity index (χ1) is 9.72. The lowest BCUT2D eigenvalue weighted by molar-refractivity contribution is 0.313. The molecule has 0 amide bonds. The predicted molar refractivity (Wildman–Crippen MR) is 85.3 cm³/mol. The molecule has 0 aromatic heterocycles. The van der Waals surface area contributed by atoms with Gasteiger partial charge in [-0.15, -0.1) is 0 Å². The van der Waals surface area contributed by atoms with Gasteiger partial charge >= 0.3 is 0 Å². The molecule has 4 heteroatoms. The highest BCUT2D eigenvalue weighted by Crippen LogP contribution is 2.22. The van der Waals surface area contributed by atoms with E-state index in [1.54, 1.807) is 0 Å². The molecule has 0 radical (unpaired) electrons. The maximum atomic E-state index is 2.48. The number of piperazine rings is 1. The summed E-state index contributed by atoms with van der Waals surface area (Å²) in [5.74, 6) is 0. The number of nitrogens with zero attached hydrogens (tertiary/aromatic N) is 4. The largest absolute Gasteiger partial charge is 0.369 e. The average Bonchev–Trinajstić information content (AvgIpc) is 2.48. The molecular weight excluding hydrogens is 248 g/mol. The number of anilines is 2. The van der Waals surface area contributed by atoms with Gasteiger partial charge in [-0.3, -0.25) is 0 Å². The van der Waals surface area contributed by atoms with Crippen molar-refractivity contribution in [1.82, 2.24) is 9.80 Å². The lowest BCUT2D eigenvalue weighted by Crippen LogP contribution is -2.44. The van der Waals surface area contributed by atoms with Crippen molar-refractivity contribution in [3.63, 3.8) is 0 Å². The lowest BCUT2D eigenvalue weighted by Gasteiger charge is -2.35. The summed E-state index contributed by atoms with van der Waals surface area (Å²) in [6, 6.07) is 9.03. The number of likely N-dealkylation sites (N-methyl/N-ethyl adjacent to an activating group) is 1. The fraction of sp³-hybridized carbons (Fsp3) is 0.500. The normalized spacial score (nSPS) is 20.6. The molecule has 4 nitrogen and oxygen atoms in total. The Balaban J connectivity index is 1.67. The molecule has 2 aliphatic rings. The Labute approximate surface area is 121 Å². The van der Waals surface area contributed by atoms with E-state index >= 15 is 0 Å². The molecule has 0 saturated carbocycles. The van der Waals surface area contributed by atoms with Crippen LogP contribution in [0, 0.1) is 0 Å². The van der Waals surface area contributed by atoms with E-state index in [0.29, 0.717) is 0 Å². The van der Waals surface area contributed by atoms with Gasteiger partial charge in [0.2, 0.25) is 0 Å². The van der Waals surface area contributed by atoms with Crippen molar-refractivity contribution in [2.24, 2.45) is 0 Å². The molecule has 0 unspecified atom stereocenters. The highest BCUT2D eigenvalue weighted by Gasteiger charge is 2.15. The van der Waals surface area contributed by atoms with Gasteiger partial charge < -0.3 is 19.6 Å². The Bertz CT molecular complexity index is 460. The van der Waals surface area contributed by atoms with Gasteiger partial charge in [0.15, 0.2) is 0 Å². The summed E-state index contributed by atoms with van der Waals surface area (Å²) in [7, 11) is 4.31. The second kappa shape index (κ2) is 5.75. The Morgan fingerprint density at radius 2 is 1.40 bits per heavy atom. The van der Waals surface area contributed by atoms with E-state index in [0.717, 1.165) is 39.4 Å². The molecule has 0 spiro atoms. The SMILES string of the molecule is CN1C=CCN(c2ccc(N3CCN(C)CC3)cc2)C1. The van der Waals surface area contributed by atoms with Gasteiger partial charge in [0.05, 0.1) is 6.67 Å². The minimum atomic E-state index is 0.963. The number of rotatable bonds is 2. The monoisotopic (exact) mass is 272 g/mol. The van der Waals surface area contributed by atoms with Gasteiger partial charge in [0.25, 0.3) is 0 Å². The zero-order valence-corrected chi connectivity index (χ0v) is 12.5. The number of benzene rings is 1. The molecule has 0 aliphatic carbocycles. The third kappa shape index (κ3) is 2.90. The molecule has 0 N–H and O–H groups in total. The summed E-state index contributed by atoms with van der Waals surface area (Å²) in [4.78, 5) is 9.46. The fourth-order valence-electron chi connectivity index (χ4n) is 2.85. The summed E-state index contributed by atoms with van der Waals surface area (Å²) < 4.78 is 0. The zero-order chi connectivity index (χ0) is 13.9. The molecule has 0 bridgehead atoms. The lowest BCUT2D eigenvalue weighted by atomic mass is 10.2. The van der Waals surface area contributed by atoms with Crippen molar-refractivity contribution in [1.29, 1.82) is 0 Å². The Morgan fingerprint density at radius 3 is 2.00 bits per heavy atom. The standard InChI is InChI=1S/C16H24N4/c1-17-10-12-19(13-11-17)15-4-6-16(7-5-15)20-9-3-8-18(2)14-20/h3-8H,9-14H2,1-2H3. The van der Waals surface area contributed by atoms with Crippen LogP contribution >= 0.6 is 0 Å². The minimum Gasteiger partial charge on any atom is -0.369 e. The summed E-state index contributed by atoms with van der Waals surface area (Å²) in [6.07, 6.45) is 4.35. The van der Waals surface area contributed by atoms with Crippen LogP contribution in [0.15, 0.2) is 36.5 Å². The summed E-state index contributed by atoms with van der Waals surface area (Å²) in [6.45, 7) is 6.53. The molecule has 1 aromatic carbocycles. The average molecular weight is 272 g/mol. The maximum absolute atomic E-state index is 2.48. The smallest absolute Gasteiger partial charge is 0.0897 e. The first kappa shape index (κ1) is 13.3. The highest BCUT2D eigenvalue weighted by molar-refractivity contribution is 5.57. The molecular formula is C16H24N4. The van der Waals surface area contributed by atoms with Crippen LogP contribution < -0.4 is 9.80 Å². The van der Waals surface area contributed by atoms with Crippen LogP contribution in [0.2, 0.25) is 0 Å². The summed E-state index contributed by atoms with van der Waals surface area (Å²) >= 11 is 0. The Hall–Kier alpha value is -1.68. The predicted octanol–water partition coefficient (Wildman–Crippen LogP) is 1.66. The molecule has 2 heterocycles. The minimum absolute atomic E-state index is 0.963. The van der Waals surface area contributed by atoms with Crippen LogP contribution in [0.25, 0.3) is 0 Å². The van der Waals surface area contributed by atoms with Crippen LogP contribution in [-0.2, 0) is 0 Å². The van der Waals surface area contributed by atoms with Crippen LogP contribution in [0.4, 0.5) is 11.4 Å². The molecule has 20 heavy (non-hydrogen) atoms. The van der Waals surface area contributed by atoms with E-state index in [1.165, 1.54) is 11.4 Å². The third-order valence-electron chi connectivity index (χ3n) is 4.16. The van der Waals surface area contributed by atoms with Crippen LogP contribution in [0.5, 0.6) is 0 Å². The second-order valence-electron chi connectivity index (χ2n) is 5.81. The molecule has 0 atom stereocenters. The molecule has 108 valence electrons. The van der Waals surface area contributed by atoms with Crippen LogP contribution in [0.1, 0.15) is 0 Å². The first-order valence-corrected chi connectivity index (χ1v) is 7.38. The maximum Gasteiger partial charge on any atom is 0.0897 e. The third-order valence-corrected chi connectivity index (χ3v) is 4.16. The molecule has 1 fully saturated rings. The van der Waals surface area contributed by atoms with Crippen molar-refractivity contribution in [3.8, 4) is 0 Å². The van der Waals surface area contributed by atoms with Gasteiger partial charge in [-0.05, 0) is 43.6 Å². The number of hydrogen-bond donors (Lipinski definition) is 0. The van der Waals surface area contributed by atoms with Gasteiger partial charge in [-0.25, -0.2) is 0 Å². The zero-order valence-electron chi connectivity index (χ0n) is 12.5. The van der Waals surface area contributed by atoms with E-state index in [4.69, 9.17) is 0 Å². The second-order valence-corrected chi connectivity index (χ2v) is 5.81. The summed E-state index contributed by atoms with van der Waals surface area (Å²) in [5.41, 5.74) is 2.65. The topological polar surface area (TPSA) is 13.0 Å². The molecule has 1 aromatic rings. The fourth-order valence-corrected chi connectivity index (χ4v) is 2.85. The quantitative estimate of drug-likeness (QED) is 0.812. The molecule has 1 saturated heterocycles. The van der Waals surface area contributed by atoms with E-state index in [9.17, 15) is 0 Å². The van der Waals surface area contributed by atoms with Crippen LogP contribution in [0.3, 0.4) is 0 Å². The van der Waals surface area contributed by atoms with E-state index in [2.05, 4.69) is 70.2 Å². The molecule has 2 aliphatic heterocycles. The van der Waals surface area contributed by atoms with Crippen molar-refractivity contribution in [2.45, 2.75) is 0 Å². The Kier molecular flexibility index (Phi) is 3.83. The highest BCUT2D eigenvalue weighted by atomic mass is 15.3. The van der Waals surface area contributed by atoms with Gasteiger partial charge in [0.1, 0.15) is 0 Å². The van der Waals surface area contributed by atoms with Gasteiger partial charge in [0, 0.05) is 51.1 Å². The van der Waals surface area contributed by atoms with Crippen molar-refractivity contribution in [3.05, 3.63) is 36.5 Å². The van der Waals surface area contributed by atoms with Gasteiger partial charge in [-0.2, -0.15) is 0 Å². The molecule has 3 rings (SSSR count). The summed E-state index contributed by atoms with van der Waals surface area (Å²) in [5, 5.41) is 0. The Morgan fingerprint density at radius 1 is 0.800 bits per heavy atom. The first-order valence-electron chi connectivity index (χ1n) is 7.38. The van der Waals surface area contributed by atoms with Gasteiger partial charge in [-0.1, -0.05) is 0 Å². The van der Waals surface area contributed by atoms with Crippen molar-refractivity contribution in [2.75, 3.05) is 63.3 Å². The van der Waals surface area contributed by atoms with E-state index in [-0.39, 0.29) is 0 Å².